The van der Waals surface area contributed by atoms with Gasteiger partial charge >= 0.3 is 0 Å². The Morgan fingerprint density at radius 1 is 1.43 bits per heavy atom. The average Bonchev–Trinajstić information content (AvgIpc) is 3.29. The number of halogens is 1. The summed E-state index contributed by atoms with van der Waals surface area (Å²) in [5.74, 6) is 1.32. The predicted octanol–water partition coefficient (Wildman–Crippen LogP) is 2.33. The topological polar surface area (TPSA) is 74.9 Å². The van der Waals surface area contributed by atoms with Crippen molar-refractivity contribution in [3.05, 3.63) is 46.7 Å². The highest BCUT2D eigenvalue weighted by Crippen LogP contribution is 2.47. The Bertz CT molecular complexity index is 929. The van der Waals surface area contributed by atoms with Crippen molar-refractivity contribution < 1.29 is 19.1 Å². The molecular formula is C21H23ClN2O4. The molecular weight excluding hydrogens is 380 g/mol. The molecule has 4 atom stereocenters. The predicted molar refractivity (Wildman–Crippen MR) is 104 cm³/mol. The van der Waals surface area contributed by atoms with Crippen LogP contribution >= 0.6 is 11.6 Å². The van der Waals surface area contributed by atoms with Gasteiger partial charge in [0.2, 0.25) is 0 Å². The van der Waals surface area contributed by atoms with Gasteiger partial charge in [-0.05, 0) is 25.1 Å². The highest BCUT2D eigenvalue weighted by Gasteiger charge is 2.61. The minimum absolute atomic E-state index is 0.0310. The van der Waals surface area contributed by atoms with Crippen molar-refractivity contribution in [1.29, 1.82) is 0 Å². The summed E-state index contributed by atoms with van der Waals surface area (Å²) in [6.45, 7) is 4.48. The van der Waals surface area contributed by atoms with Crippen molar-refractivity contribution >= 4 is 17.5 Å². The van der Waals surface area contributed by atoms with E-state index >= 15 is 0 Å². The van der Waals surface area contributed by atoms with Crippen LogP contribution in [0.25, 0.3) is 11.3 Å². The maximum absolute atomic E-state index is 13.3. The molecule has 6 nitrogen and oxygen atoms in total. The lowest BCUT2D eigenvalue weighted by Gasteiger charge is -2.33. The van der Waals surface area contributed by atoms with E-state index in [2.05, 4.69) is 5.32 Å². The van der Waals surface area contributed by atoms with Gasteiger partial charge in [0.15, 0.2) is 0 Å². The third-order valence-electron chi connectivity index (χ3n) is 6.49. The minimum atomic E-state index is -0.394. The Labute approximate surface area is 168 Å². The van der Waals surface area contributed by atoms with Gasteiger partial charge in [0.1, 0.15) is 17.1 Å². The molecule has 3 aliphatic rings. The summed E-state index contributed by atoms with van der Waals surface area (Å²) in [4.78, 5) is 15.1. The fourth-order valence-corrected chi connectivity index (χ4v) is 5.34. The first-order valence-electron chi connectivity index (χ1n) is 9.66. The molecule has 7 heteroatoms. The number of likely N-dealkylation sites (tertiary alicyclic amines) is 1. The van der Waals surface area contributed by atoms with Crippen LogP contribution in [0.5, 0.6) is 0 Å². The third kappa shape index (κ3) is 2.63. The highest BCUT2D eigenvalue weighted by atomic mass is 35.5. The first-order chi connectivity index (χ1) is 13.5. The SMILES string of the molecule is Cc1oc(-c2ccccc2Cl)cc1C(=O)N1C[C@@H]2[C@H](CO)[C@H]3CNC[C@]2(C1)O3. The Morgan fingerprint density at radius 3 is 3.04 bits per heavy atom. The Hall–Kier alpha value is -1.86. The van der Waals surface area contributed by atoms with E-state index < -0.39 is 5.60 Å². The molecule has 2 bridgehead atoms. The molecule has 0 saturated carbocycles. The monoisotopic (exact) mass is 402 g/mol. The van der Waals surface area contributed by atoms with Crippen molar-refractivity contribution in [1.82, 2.24) is 10.2 Å². The third-order valence-corrected chi connectivity index (χ3v) is 6.82. The molecule has 2 N–H and O–H groups in total. The number of amides is 1. The van der Waals surface area contributed by atoms with Gasteiger partial charge in [-0.1, -0.05) is 23.7 Å². The molecule has 3 fully saturated rings. The second-order valence-corrected chi connectivity index (χ2v) is 8.46. The van der Waals surface area contributed by atoms with Gasteiger partial charge in [0, 0.05) is 43.6 Å². The number of carbonyl (C=O) groups is 1. The summed E-state index contributed by atoms with van der Waals surface area (Å²) < 4.78 is 12.2. The molecule has 2 aromatic rings. The molecule has 1 aromatic heterocycles. The van der Waals surface area contributed by atoms with Crippen molar-refractivity contribution in [2.45, 2.75) is 18.6 Å². The number of carbonyl (C=O) groups excluding carboxylic acids is 1. The molecule has 0 aliphatic carbocycles. The number of aliphatic hydroxyl groups is 1. The van der Waals surface area contributed by atoms with Crippen LogP contribution in [0, 0.1) is 18.8 Å². The lowest BCUT2D eigenvalue weighted by Crippen LogP contribution is -2.52. The van der Waals surface area contributed by atoms with Gasteiger partial charge in [-0.3, -0.25) is 4.79 Å². The fourth-order valence-electron chi connectivity index (χ4n) is 5.11. The molecule has 1 spiro atoms. The Kier molecular flexibility index (Phi) is 4.28. The number of rotatable bonds is 3. The Morgan fingerprint density at radius 2 is 2.25 bits per heavy atom. The van der Waals surface area contributed by atoms with Gasteiger partial charge in [0.25, 0.3) is 5.91 Å². The minimum Gasteiger partial charge on any atom is -0.460 e. The van der Waals surface area contributed by atoms with Crippen LogP contribution in [0.4, 0.5) is 0 Å². The summed E-state index contributed by atoms with van der Waals surface area (Å²) in [6, 6.07) is 9.20. The van der Waals surface area contributed by atoms with Crippen molar-refractivity contribution in [3.63, 3.8) is 0 Å². The van der Waals surface area contributed by atoms with Crippen molar-refractivity contribution in [2.24, 2.45) is 11.8 Å². The number of aryl methyl sites for hydroxylation is 1. The molecule has 5 rings (SSSR count). The second-order valence-electron chi connectivity index (χ2n) is 8.05. The molecule has 28 heavy (non-hydrogen) atoms. The Balaban J connectivity index is 1.42. The summed E-state index contributed by atoms with van der Waals surface area (Å²) in [5, 5.41) is 13.9. The first kappa shape index (κ1) is 18.2. The summed E-state index contributed by atoms with van der Waals surface area (Å²) in [5.41, 5.74) is 0.924. The zero-order chi connectivity index (χ0) is 19.5. The number of fused-ring (bicyclic) bond motifs is 1. The van der Waals surface area contributed by atoms with Crippen LogP contribution in [0.2, 0.25) is 5.02 Å². The molecule has 1 aromatic carbocycles. The summed E-state index contributed by atoms with van der Waals surface area (Å²) >= 11 is 6.28. The lowest BCUT2D eigenvalue weighted by atomic mass is 9.83. The smallest absolute Gasteiger partial charge is 0.257 e. The van der Waals surface area contributed by atoms with Gasteiger partial charge in [-0.15, -0.1) is 0 Å². The van der Waals surface area contributed by atoms with E-state index in [1.807, 2.05) is 23.1 Å². The zero-order valence-electron chi connectivity index (χ0n) is 15.7. The van der Waals surface area contributed by atoms with Gasteiger partial charge in [-0.2, -0.15) is 0 Å². The number of ether oxygens (including phenoxy) is 1. The van der Waals surface area contributed by atoms with E-state index in [4.69, 9.17) is 20.8 Å². The van der Waals surface area contributed by atoms with E-state index in [0.29, 0.717) is 41.7 Å². The van der Waals surface area contributed by atoms with E-state index in [0.717, 1.165) is 12.1 Å². The van der Waals surface area contributed by atoms with Crippen LogP contribution in [-0.4, -0.2) is 60.4 Å². The zero-order valence-corrected chi connectivity index (χ0v) is 16.4. The van der Waals surface area contributed by atoms with Crippen LogP contribution in [0.3, 0.4) is 0 Å². The molecule has 0 radical (unpaired) electrons. The molecule has 148 valence electrons. The standard InChI is InChI=1S/C21H23ClN2O4/c1-12-14(6-18(27-12)13-4-2-3-5-17(13)22)20(26)24-8-16-15(9-25)19-7-23-10-21(16,11-24)28-19/h2-6,15-16,19,23,25H,7-11H2,1H3/t15-,16+,19+,21+/m0/s1. The van der Waals surface area contributed by atoms with Crippen LogP contribution in [-0.2, 0) is 4.74 Å². The fraction of sp³-hybridized carbons (Fsp3) is 0.476. The number of hydrogen-bond donors (Lipinski definition) is 2. The summed E-state index contributed by atoms with van der Waals surface area (Å²) in [6.07, 6.45) is 0.0310. The second kappa shape index (κ2) is 6.59. The van der Waals surface area contributed by atoms with E-state index in [1.165, 1.54) is 0 Å². The maximum Gasteiger partial charge on any atom is 0.257 e. The lowest BCUT2D eigenvalue weighted by molar-refractivity contribution is -0.0726. The summed E-state index contributed by atoms with van der Waals surface area (Å²) in [7, 11) is 0. The highest BCUT2D eigenvalue weighted by molar-refractivity contribution is 6.33. The van der Waals surface area contributed by atoms with Crippen LogP contribution in [0.1, 0.15) is 16.1 Å². The number of hydrogen-bond acceptors (Lipinski definition) is 5. The molecule has 3 saturated heterocycles. The number of aliphatic hydroxyl groups excluding tert-OH is 1. The van der Waals surface area contributed by atoms with E-state index in [1.54, 1.807) is 19.1 Å². The molecule has 1 amide bonds. The van der Waals surface area contributed by atoms with Gasteiger partial charge in [0.05, 0.1) is 23.2 Å². The van der Waals surface area contributed by atoms with Crippen LogP contribution in [0.15, 0.2) is 34.7 Å². The molecule has 3 aliphatic heterocycles. The van der Waals surface area contributed by atoms with Crippen LogP contribution < -0.4 is 5.32 Å². The first-order valence-corrected chi connectivity index (χ1v) is 10.0. The van der Waals surface area contributed by atoms with Gasteiger partial charge in [-0.25, -0.2) is 0 Å². The van der Waals surface area contributed by atoms with Crippen molar-refractivity contribution in [2.75, 3.05) is 32.8 Å². The quantitative estimate of drug-likeness (QED) is 0.824. The number of furan rings is 1. The van der Waals surface area contributed by atoms with E-state index in [9.17, 15) is 9.90 Å². The van der Waals surface area contributed by atoms with Crippen molar-refractivity contribution in [3.8, 4) is 11.3 Å². The number of benzene rings is 1. The van der Waals surface area contributed by atoms with Gasteiger partial charge < -0.3 is 24.5 Å². The average molecular weight is 403 g/mol. The largest absolute Gasteiger partial charge is 0.460 e. The normalized spacial score (nSPS) is 31.2. The molecule has 0 unspecified atom stereocenters. The molecule has 4 heterocycles. The maximum atomic E-state index is 13.3. The number of morpholine rings is 1. The number of nitrogens with zero attached hydrogens (tertiary/aromatic N) is 1. The number of nitrogens with one attached hydrogen (secondary N) is 1. The van der Waals surface area contributed by atoms with E-state index in [-0.39, 0.29) is 30.5 Å².